The minimum atomic E-state index is -0.209. The topological polar surface area (TPSA) is 54.0 Å². The highest BCUT2D eigenvalue weighted by atomic mass is 16.6. The highest BCUT2D eigenvalue weighted by Gasteiger charge is 2.16. The van der Waals surface area contributed by atoms with Gasteiger partial charge in [0.1, 0.15) is 18.1 Å². The van der Waals surface area contributed by atoms with Crippen molar-refractivity contribution >= 4 is 5.97 Å². The first-order valence-corrected chi connectivity index (χ1v) is 7.71. The van der Waals surface area contributed by atoms with Gasteiger partial charge in [-0.1, -0.05) is 0 Å². The SMILES string of the molecule is COc1ccc(OC)c(CCC(=O)OCC2CCCCO2)c1. The number of carbonyl (C=O) groups is 1. The fourth-order valence-electron chi connectivity index (χ4n) is 2.51. The van der Waals surface area contributed by atoms with Crippen molar-refractivity contribution in [3.8, 4) is 11.5 Å². The van der Waals surface area contributed by atoms with Crippen molar-refractivity contribution in [2.45, 2.75) is 38.2 Å². The molecule has 122 valence electrons. The van der Waals surface area contributed by atoms with Crippen molar-refractivity contribution in [3.63, 3.8) is 0 Å². The van der Waals surface area contributed by atoms with Crippen LogP contribution in [-0.2, 0) is 20.7 Å². The van der Waals surface area contributed by atoms with Crippen molar-refractivity contribution in [1.29, 1.82) is 0 Å². The highest BCUT2D eigenvalue weighted by molar-refractivity contribution is 5.70. The Morgan fingerprint density at radius 3 is 2.82 bits per heavy atom. The average molecular weight is 308 g/mol. The second-order valence-corrected chi connectivity index (χ2v) is 5.35. The van der Waals surface area contributed by atoms with Crippen LogP contribution < -0.4 is 9.47 Å². The molecule has 1 atom stereocenters. The molecule has 1 aromatic rings. The summed E-state index contributed by atoms with van der Waals surface area (Å²) in [6.45, 7) is 1.12. The maximum atomic E-state index is 11.9. The van der Waals surface area contributed by atoms with E-state index in [1.807, 2.05) is 18.2 Å². The molecule has 1 unspecified atom stereocenters. The van der Waals surface area contributed by atoms with Gasteiger partial charge in [0.25, 0.3) is 0 Å². The van der Waals surface area contributed by atoms with Gasteiger partial charge in [0.15, 0.2) is 0 Å². The van der Waals surface area contributed by atoms with Crippen LogP contribution in [0.15, 0.2) is 18.2 Å². The molecule has 0 aliphatic carbocycles. The highest BCUT2D eigenvalue weighted by Crippen LogP contribution is 2.25. The summed E-state index contributed by atoms with van der Waals surface area (Å²) in [6, 6.07) is 5.56. The van der Waals surface area contributed by atoms with Crippen LogP contribution in [0.5, 0.6) is 11.5 Å². The van der Waals surface area contributed by atoms with E-state index in [9.17, 15) is 4.79 Å². The van der Waals surface area contributed by atoms with Gasteiger partial charge in [-0.3, -0.25) is 4.79 Å². The number of hydrogen-bond acceptors (Lipinski definition) is 5. The Labute approximate surface area is 131 Å². The molecule has 1 saturated heterocycles. The molecule has 0 aromatic heterocycles. The van der Waals surface area contributed by atoms with Gasteiger partial charge in [0.05, 0.1) is 20.3 Å². The molecule has 22 heavy (non-hydrogen) atoms. The number of esters is 1. The van der Waals surface area contributed by atoms with Crippen LogP contribution in [0.2, 0.25) is 0 Å². The van der Waals surface area contributed by atoms with Crippen molar-refractivity contribution in [2.24, 2.45) is 0 Å². The Balaban J connectivity index is 1.80. The van der Waals surface area contributed by atoms with Crippen LogP contribution in [-0.4, -0.2) is 39.5 Å². The molecule has 1 aliphatic heterocycles. The zero-order chi connectivity index (χ0) is 15.8. The Kier molecular flexibility index (Phi) is 6.52. The van der Waals surface area contributed by atoms with E-state index in [4.69, 9.17) is 18.9 Å². The lowest BCUT2D eigenvalue weighted by molar-refractivity contribution is -0.149. The molecule has 1 fully saturated rings. The lowest BCUT2D eigenvalue weighted by Crippen LogP contribution is -2.26. The fourth-order valence-corrected chi connectivity index (χ4v) is 2.51. The monoisotopic (exact) mass is 308 g/mol. The van der Waals surface area contributed by atoms with Gasteiger partial charge < -0.3 is 18.9 Å². The number of hydrogen-bond donors (Lipinski definition) is 0. The van der Waals surface area contributed by atoms with Crippen molar-refractivity contribution in [1.82, 2.24) is 0 Å². The summed E-state index contributed by atoms with van der Waals surface area (Å²) in [7, 11) is 3.23. The van der Waals surface area contributed by atoms with Crippen LogP contribution in [0.1, 0.15) is 31.2 Å². The Hall–Kier alpha value is -1.75. The lowest BCUT2D eigenvalue weighted by Gasteiger charge is -2.22. The van der Waals surface area contributed by atoms with Crippen LogP contribution >= 0.6 is 0 Å². The zero-order valence-electron chi connectivity index (χ0n) is 13.3. The molecule has 5 nitrogen and oxygen atoms in total. The van der Waals surface area contributed by atoms with Gasteiger partial charge in [0, 0.05) is 13.0 Å². The molecular formula is C17H24O5. The van der Waals surface area contributed by atoms with Crippen molar-refractivity contribution in [2.75, 3.05) is 27.4 Å². The number of aryl methyl sites for hydroxylation is 1. The van der Waals surface area contributed by atoms with Crippen LogP contribution in [0.25, 0.3) is 0 Å². The third-order valence-corrected chi connectivity index (χ3v) is 3.79. The number of ether oxygens (including phenoxy) is 4. The molecule has 5 heteroatoms. The molecule has 2 rings (SSSR count). The number of carbonyl (C=O) groups excluding carboxylic acids is 1. The van der Waals surface area contributed by atoms with Gasteiger partial charge in [0.2, 0.25) is 0 Å². The molecular weight excluding hydrogens is 284 g/mol. The molecule has 1 heterocycles. The standard InChI is InChI=1S/C17H24O5/c1-19-14-7-8-16(20-2)13(11-14)6-9-17(18)22-12-15-5-3-4-10-21-15/h7-8,11,15H,3-6,9-10,12H2,1-2H3. The molecule has 0 radical (unpaired) electrons. The smallest absolute Gasteiger partial charge is 0.306 e. The Bertz CT molecular complexity index is 480. The second kappa shape index (κ2) is 8.63. The quantitative estimate of drug-likeness (QED) is 0.725. The third-order valence-electron chi connectivity index (χ3n) is 3.79. The molecule has 1 aromatic carbocycles. The molecule has 0 amide bonds. The first kappa shape index (κ1) is 16.6. The van der Waals surface area contributed by atoms with Crippen molar-refractivity contribution in [3.05, 3.63) is 23.8 Å². The van der Waals surface area contributed by atoms with Crippen LogP contribution in [0.4, 0.5) is 0 Å². The summed E-state index contributed by atoms with van der Waals surface area (Å²) in [5, 5.41) is 0. The van der Waals surface area contributed by atoms with E-state index < -0.39 is 0 Å². The van der Waals surface area contributed by atoms with Crippen molar-refractivity contribution < 1.29 is 23.7 Å². The summed E-state index contributed by atoms with van der Waals surface area (Å²) in [6.07, 6.45) is 4.14. The molecule has 0 saturated carbocycles. The molecule has 0 N–H and O–H groups in total. The second-order valence-electron chi connectivity index (χ2n) is 5.35. The molecule has 0 bridgehead atoms. The predicted octanol–water partition coefficient (Wildman–Crippen LogP) is 2.75. The summed E-state index contributed by atoms with van der Waals surface area (Å²) >= 11 is 0. The van der Waals surface area contributed by atoms with E-state index in [1.165, 1.54) is 0 Å². The van der Waals surface area contributed by atoms with E-state index in [2.05, 4.69) is 0 Å². The largest absolute Gasteiger partial charge is 0.497 e. The number of rotatable bonds is 7. The number of methoxy groups -OCH3 is 2. The number of benzene rings is 1. The summed E-state index contributed by atoms with van der Waals surface area (Å²) in [5.74, 6) is 1.29. The third kappa shape index (κ3) is 4.91. The van der Waals surface area contributed by atoms with Gasteiger partial charge >= 0.3 is 5.97 Å². The van der Waals surface area contributed by atoms with Crippen LogP contribution in [0, 0.1) is 0 Å². The summed E-state index contributed by atoms with van der Waals surface area (Å²) in [4.78, 5) is 11.9. The van der Waals surface area contributed by atoms with Gasteiger partial charge in [-0.05, 0) is 49.4 Å². The maximum Gasteiger partial charge on any atom is 0.306 e. The predicted molar refractivity (Wildman–Crippen MR) is 82.4 cm³/mol. The zero-order valence-corrected chi connectivity index (χ0v) is 13.3. The first-order valence-electron chi connectivity index (χ1n) is 7.71. The summed E-state index contributed by atoms with van der Waals surface area (Å²) < 4.78 is 21.3. The van der Waals surface area contributed by atoms with E-state index in [-0.39, 0.29) is 12.1 Å². The maximum absolute atomic E-state index is 11.9. The molecule has 1 aliphatic rings. The fraction of sp³-hybridized carbons (Fsp3) is 0.588. The minimum absolute atomic E-state index is 0.0593. The van der Waals surface area contributed by atoms with E-state index in [0.717, 1.165) is 42.9 Å². The molecule has 0 spiro atoms. The van der Waals surface area contributed by atoms with E-state index in [1.54, 1.807) is 14.2 Å². The van der Waals surface area contributed by atoms with E-state index in [0.29, 0.717) is 19.4 Å². The van der Waals surface area contributed by atoms with Gasteiger partial charge in [-0.15, -0.1) is 0 Å². The Morgan fingerprint density at radius 2 is 2.14 bits per heavy atom. The Morgan fingerprint density at radius 1 is 1.27 bits per heavy atom. The normalized spacial score (nSPS) is 17.8. The van der Waals surface area contributed by atoms with Crippen LogP contribution in [0.3, 0.4) is 0 Å². The van der Waals surface area contributed by atoms with E-state index >= 15 is 0 Å². The summed E-state index contributed by atoms with van der Waals surface area (Å²) in [5.41, 5.74) is 0.938. The van der Waals surface area contributed by atoms with Gasteiger partial charge in [-0.2, -0.15) is 0 Å². The average Bonchev–Trinajstić information content (AvgIpc) is 2.58. The van der Waals surface area contributed by atoms with Gasteiger partial charge in [-0.25, -0.2) is 0 Å². The lowest BCUT2D eigenvalue weighted by atomic mass is 10.1. The minimum Gasteiger partial charge on any atom is -0.497 e. The first-order chi connectivity index (χ1) is 10.7.